The van der Waals surface area contributed by atoms with Gasteiger partial charge in [0.25, 0.3) is 5.91 Å². The smallest absolute Gasteiger partial charge is 0.255 e. The Labute approximate surface area is 212 Å². The van der Waals surface area contributed by atoms with Gasteiger partial charge in [-0.1, -0.05) is 5.10 Å². The van der Waals surface area contributed by atoms with Crippen LogP contribution in [0, 0.1) is 5.41 Å². The van der Waals surface area contributed by atoms with Crippen LogP contribution in [0.5, 0.6) is 0 Å². The van der Waals surface area contributed by atoms with Crippen molar-refractivity contribution < 1.29 is 4.79 Å². The number of pyridine rings is 1. The number of carbonyl (C=O) groups is 1. The van der Waals surface area contributed by atoms with Crippen molar-refractivity contribution in [1.82, 2.24) is 40.3 Å². The van der Waals surface area contributed by atoms with Crippen molar-refractivity contribution in [3.8, 4) is 11.3 Å². The lowest BCUT2D eigenvalue weighted by atomic mass is 9.73. The minimum Gasteiger partial charge on any atom is -0.355 e. The first-order valence-electron chi connectivity index (χ1n) is 12.3. The van der Waals surface area contributed by atoms with E-state index in [0.29, 0.717) is 29.2 Å². The van der Waals surface area contributed by atoms with Gasteiger partial charge in [0.2, 0.25) is 5.95 Å². The van der Waals surface area contributed by atoms with E-state index in [-0.39, 0.29) is 5.91 Å². The first kappa shape index (κ1) is 21.9. The Bertz CT molecular complexity index is 1570. The molecule has 7 rings (SSSR count). The molecule has 3 aliphatic heterocycles. The maximum absolute atomic E-state index is 13.2. The molecule has 3 aliphatic rings. The highest BCUT2D eigenvalue weighted by molar-refractivity contribution is 6.06. The van der Waals surface area contributed by atoms with E-state index in [1.54, 1.807) is 4.68 Å². The van der Waals surface area contributed by atoms with Crippen LogP contribution in [-0.2, 0) is 11.3 Å². The Balaban J connectivity index is 1.14. The number of rotatable bonds is 4. The first-order chi connectivity index (χ1) is 17.9. The zero-order valence-corrected chi connectivity index (χ0v) is 20.9. The van der Waals surface area contributed by atoms with Gasteiger partial charge < -0.3 is 20.0 Å². The van der Waals surface area contributed by atoms with Gasteiger partial charge in [0, 0.05) is 67.2 Å². The largest absolute Gasteiger partial charge is 0.355 e. The van der Waals surface area contributed by atoms with Gasteiger partial charge in [-0.15, -0.1) is 0 Å². The predicted molar refractivity (Wildman–Crippen MR) is 139 cm³/mol. The van der Waals surface area contributed by atoms with Crippen molar-refractivity contribution >= 4 is 34.3 Å². The SMILES string of the molecule is CC1=C(C(=O)Nc2ccc3[nH]nc(-c4ccnc(N5CC6(CN(C)C6)C5)c4)c3c2)Cn2nnnc2N1C. The molecule has 2 N–H and O–H groups in total. The molecule has 0 saturated carbocycles. The summed E-state index contributed by atoms with van der Waals surface area (Å²) in [6.07, 6.45) is 1.84. The Hall–Kier alpha value is -4.32. The summed E-state index contributed by atoms with van der Waals surface area (Å²) < 4.78 is 1.61. The topological polar surface area (TPSA) is 124 Å². The lowest BCUT2D eigenvalue weighted by Crippen LogP contribution is -2.71. The van der Waals surface area contributed by atoms with E-state index in [9.17, 15) is 4.79 Å². The minimum absolute atomic E-state index is 0.186. The van der Waals surface area contributed by atoms with Gasteiger partial charge in [-0.2, -0.15) is 5.10 Å². The van der Waals surface area contributed by atoms with Crippen molar-refractivity contribution in [2.45, 2.75) is 13.5 Å². The number of tetrazole rings is 1. The third kappa shape index (κ3) is 3.47. The van der Waals surface area contributed by atoms with E-state index in [4.69, 9.17) is 0 Å². The average molecular weight is 498 g/mol. The number of hydrogen-bond donors (Lipinski definition) is 2. The van der Waals surface area contributed by atoms with E-state index >= 15 is 0 Å². The van der Waals surface area contributed by atoms with E-state index in [1.165, 1.54) is 0 Å². The molecule has 0 unspecified atom stereocenters. The van der Waals surface area contributed by atoms with E-state index in [1.807, 2.05) is 49.3 Å². The summed E-state index contributed by atoms with van der Waals surface area (Å²) >= 11 is 0. The third-order valence-corrected chi connectivity index (χ3v) is 7.76. The summed E-state index contributed by atoms with van der Waals surface area (Å²) in [4.78, 5) is 24.4. The second-order valence-corrected chi connectivity index (χ2v) is 10.5. The van der Waals surface area contributed by atoms with Crippen LogP contribution in [0.2, 0.25) is 0 Å². The number of anilines is 3. The molecule has 6 heterocycles. The quantitative estimate of drug-likeness (QED) is 0.434. The minimum atomic E-state index is -0.186. The molecular weight excluding hydrogens is 470 g/mol. The van der Waals surface area contributed by atoms with Crippen molar-refractivity contribution in [2.24, 2.45) is 5.41 Å². The molecule has 0 radical (unpaired) electrons. The van der Waals surface area contributed by atoms with Crippen molar-refractivity contribution in [2.75, 3.05) is 55.4 Å². The normalized spacial score (nSPS) is 18.7. The van der Waals surface area contributed by atoms with Crippen LogP contribution in [0.3, 0.4) is 0 Å². The Morgan fingerprint density at radius 3 is 2.76 bits per heavy atom. The fourth-order valence-electron chi connectivity index (χ4n) is 5.88. The molecule has 12 nitrogen and oxygen atoms in total. The van der Waals surface area contributed by atoms with Crippen LogP contribution in [0.1, 0.15) is 6.92 Å². The number of aromatic nitrogens is 7. The van der Waals surface area contributed by atoms with Gasteiger partial charge in [0.1, 0.15) is 11.5 Å². The van der Waals surface area contributed by atoms with Gasteiger partial charge in [0.05, 0.1) is 17.6 Å². The number of nitrogens with zero attached hydrogens (tertiary/aromatic N) is 9. The van der Waals surface area contributed by atoms with Gasteiger partial charge in [0.15, 0.2) is 0 Å². The molecule has 12 heteroatoms. The molecule has 4 aromatic rings. The highest BCUT2D eigenvalue weighted by atomic mass is 16.1. The van der Waals surface area contributed by atoms with E-state index < -0.39 is 0 Å². The summed E-state index contributed by atoms with van der Waals surface area (Å²) in [6.45, 7) is 6.62. The molecule has 3 aromatic heterocycles. The zero-order chi connectivity index (χ0) is 25.3. The van der Waals surface area contributed by atoms with Gasteiger partial charge in [-0.05, 0) is 54.7 Å². The number of benzene rings is 1. The maximum Gasteiger partial charge on any atom is 0.255 e. The van der Waals surface area contributed by atoms with Gasteiger partial charge in [-0.3, -0.25) is 9.89 Å². The summed E-state index contributed by atoms with van der Waals surface area (Å²) in [5.74, 6) is 1.40. The molecule has 0 bridgehead atoms. The van der Waals surface area contributed by atoms with Gasteiger partial charge >= 0.3 is 0 Å². The van der Waals surface area contributed by atoms with Crippen LogP contribution in [0.25, 0.3) is 22.2 Å². The van der Waals surface area contributed by atoms with Crippen LogP contribution >= 0.6 is 0 Å². The number of hydrogen-bond acceptors (Lipinski definition) is 9. The van der Waals surface area contributed by atoms with E-state index in [0.717, 1.165) is 59.9 Å². The Morgan fingerprint density at radius 2 is 1.95 bits per heavy atom. The number of H-pyrrole nitrogens is 1. The first-order valence-corrected chi connectivity index (χ1v) is 12.3. The Morgan fingerprint density at radius 1 is 1.11 bits per heavy atom. The highest BCUT2D eigenvalue weighted by Crippen LogP contribution is 2.41. The number of carbonyl (C=O) groups excluding carboxylic acids is 1. The second-order valence-electron chi connectivity index (χ2n) is 10.5. The van der Waals surface area contributed by atoms with Crippen LogP contribution in [0.15, 0.2) is 47.8 Å². The lowest BCUT2D eigenvalue weighted by molar-refractivity contribution is -0.113. The maximum atomic E-state index is 13.2. The summed E-state index contributed by atoms with van der Waals surface area (Å²) in [5.41, 5.74) is 5.28. The molecule has 0 atom stereocenters. The predicted octanol–water partition coefficient (Wildman–Crippen LogP) is 1.73. The Kier molecular flexibility index (Phi) is 4.64. The molecule has 1 spiro atoms. The molecule has 2 fully saturated rings. The van der Waals surface area contributed by atoms with Crippen molar-refractivity contribution in [3.05, 3.63) is 47.8 Å². The van der Waals surface area contributed by atoms with Crippen LogP contribution in [-0.4, -0.2) is 86.5 Å². The number of likely N-dealkylation sites (tertiary alicyclic amines) is 1. The molecule has 37 heavy (non-hydrogen) atoms. The highest BCUT2D eigenvalue weighted by Gasteiger charge is 2.50. The molecular formula is C25H27N11O. The summed E-state index contributed by atoms with van der Waals surface area (Å²) in [7, 11) is 4.02. The third-order valence-electron chi connectivity index (χ3n) is 7.76. The fourth-order valence-corrected chi connectivity index (χ4v) is 5.88. The summed E-state index contributed by atoms with van der Waals surface area (Å²) in [6, 6.07) is 9.85. The fraction of sp³-hybridized carbons (Fsp3) is 0.360. The summed E-state index contributed by atoms with van der Waals surface area (Å²) in [5, 5.41) is 23.4. The molecule has 1 aromatic carbocycles. The van der Waals surface area contributed by atoms with E-state index in [2.05, 4.69) is 58.9 Å². The van der Waals surface area contributed by atoms with Crippen molar-refractivity contribution in [1.29, 1.82) is 0 Å². The average Bonchev–Trinajstić information content (AvgIpc) is 3.49. The monoisotopic (exact) mass is 497 g/mol. The zero-order valence-electron chi connectivity index (χ0n) is 20.9. The molecule has 2 saturated heterocycles. The molecule has 188 valence electrons. The lowest BCUT2D eigenvalue weighted by Gasteiger charge is -2.59. The number of aromatic amines is 1. The standard InChI is InChI=1S/C25H27N11O/c1-15-19(10-36-24(34(15)3)30-31-32-36)23(37)27-17-4-5-20-18(9-17)22(29-28-20)16-6-7-26-21(8-16)35-13-25(14-35)11-33(2)12-25/h4-9H,10-14H2,1-3H3,(H,27,37)(H,28,29). The molecule has 0 aliphatic carbocycles. The van der Waals surface area contributed by atoms with Crippen LogP contribution < -0.4 is 15.1 Å². The number of allylic oxidation sites excluding steroid dienone is 1. The number of fused-ring (bicyclic) bond motifs is 2. The van der Waals surface area contributed by atoms with Gasteiger partial charge in [-0.25, -0.2) is 9.67 Å². The molecule has 1 amide bonds. The second kappa shape index (κ2) is 7.84. The number of amides is 1. The van der Waals surface area contributed by atoms with Crippen molar-refractivity contribution in [3.63, 3.8) is 0 Å². The number of nitrogens with one attached hydrogen (secondary N) is 2. The van der Waals surface area contributed by atoms with Crippen LogP contribution in [0.4, 0.5) is 17.5 Å².